The number of carbonyl (C=O) groups excluding carboxylic acids is 1. The average Bonchev–Trinajstić information content (AvgIpc) is 2.87. The molecule has 0 fully saturated rings. The molecule has 0 aromatic carbocycles. The van der Waals surface area contributed by atoms with Crippen LogP contribution in [-0.4, -0.2) is 21.1 Å². The van der Waals surface area contributed by atoms with Crippen molar-refractivity contribution in [3.63, 3.8) is 0 Å². The highest BCUT2D eigenvalue weighted by Gasteiger charge is 2.05. The number of aromatic nitrogens is 3. The molecule has 0 aliphatic rings. The maximum absolute atomic E-state index is 11.4. The molecule has 2 aromatic heterocycles. The van der Waals surface area contributed by atoms with Crippen LogP contribution in [0.5, 0.6) is 0 Å². The molecule has 1 amide bonds. The van der Waals surface area contributed by atoms with Crippen LogP contribution in [0.25, 0.3) is 0 Å². The van der Waals surface area contributed by atoms with E-state index in [0.717, 1.165) is 0 Å². The summed E-state index contributed by atoms with van der Waals surface area (Å²) in [6, 6.07) is 1.78. The van der Waals surface area contributed by atoms with Crippen LogP contribution in [0.15, 0.2) is 23.2 Å². The van der Waals surface area contributed by atoms with Gasteiger partial charge in [0.2, 0.25) is 0 Å². The lowest BCUT2D eigenvalue weighted by atomic mass is 10.3. The minimum absolute atomic E-state index is 0.0948. The van der Waals surface area contributed by atoms with Crippen molar-refractivity contribution in [2.24, 2.45) is 0 Å². The van der Waals surface area contributed by atoms with Crippen LogP contribution in [0.3, 0.4) is 0 Å². The molecule has 0 unspecified atom stereocenters. The minimum Gasteiger partial charge on any atom is -0.345 e. The van der Waals surface area contributed by atoms with Crippen molar-refractivity contribution in [3.8, 4) is 0 Å². The summed E-state index contributed by atoms with van der Waals surface area (Å²) < 4.78 is 0. The van der Waals surface area contributed by atoms with E-state index in [1.165, 1.54) is 17.7 Å². The van der Waals surface area contributed by atoms with E-state index in [4.69, 9.17) is 0 Å². The number of thiophene rings is 1. The van der Waals surface area contributed by atoms with Gasteiger partial charge in [-0.05, 0) is 11.4 Å². The van der Waals surface area contributed by atoms with Crippen LogP contribution in [0.4, 0.5) is 0 Å². The topological polar surface area (TPSA) is 70.7 Å². The first kappa shape index (κ1) is 8.89. The maximum Gasteiger partial charge on any atom is 0.252 e. The number of hydrogen-bond donors (Lipinski definition) is 2. The van der Waals surface area contributed by atoms with Gasteiger partial charge in [0.15, 0.2) is 0 Å². The molecule has 0 spiro atoms. The Kier molecular flexibility index (Phi) is 2.55. The zero-order valence-electron chi connectivity index (χ0n) is 7.23. The van der Waals surface area contributed by atoms with Crippen LogP contribution >= 0.6 is 11.3 Å². The van der Waals surface area contributed by atoms with Gasteiger partial charge in [0.05, 0.1) is 6.54 Å². The fraction of sp³-hybridized carbons (Fsp3) is 0.125. The molecule has 0 saturated carbocycles. The predicted molar refractivity (Wildman–Crippen MR) is 51.9 cm³/mol. The summed E-state index contributed by atoms with van der Waals surface area (Å²) in [4.78, 5) is 15.3. The highest BCUT2D eigenvalue weighted by atomic mass is 32.1. The van der Waals surface area contributed by atoms with E-state index in [1.807, 2.05) is 5.38 Å². The van der Waals surface area contributed by atoms with Crippen LogP contribution in [0.1, 0.15) is 16.2 Å². The molecule has 2 N–H and O–H groups in total. The molecule has 2 rings (SSSR count). The fourth-order valence-electron chi connectivity index (χ4n) is 0.976. The number of aromatic amines is 1. The molecule has 0 aliphatic carbocycles. The quantitative estimate of drug-likeness (QED) is 0.783. The zero-order chi connectivity index (χ0) is 9.80. The highest BCUT2D eigenvalue weighted by Crippen LogP contribution is 2.05. The first-order valence-corrected chi connectivity index (χ1v) is 4.95. The number of H-pyrrole nitrogens is 1. The number of amides is 1. The molecule has 0 saturated heterocycles. The van der Waals surface area contributed by atoms with Crippen molar-refractivity contribution < 1.29 is 4.79 Å². The van der Waals surface area contributed by atoms with E-state index in [9.17, 15) is 4.79 Å². The summed E-state index contributed by atoms with van der Waals surface area (Å²) in [5, 5.41) is 12.7. The molecule has 0 aliphatic heterocycles. The third kappa shape index (κ3) is 1.97. The summed E-state index contributed by atoms with van der Waals surface area (Å²) in [5.74, 6) is 0.552. The van der Waals surface area contributed by atoms with E-state index < -0.39 is 0 Å². The minimum atomic E-state index is -0.0948. The zero-order valence-corrected chi connectivity index (χ0v) is 8.04. The monoisotopic (exact) mass is 208 g/mol. The van der Waals surface area contributed by atoms with Crippen LogP contribution in [0.2, 0.25) is 0 Å². The molecule has 14 heavy (non-hydrogen) atoms. The molecule has 72 valence electrons. The molecule has 5 nitrogen and oxygen atoms in total. The Bertz CT molecular complexity index is 395. The standard InChI is InChI=1S/C8H8N4OS/c13-8(6-1-2-14-4-6)9-3-7-10-5-11-12-7/h1-2,4-5H,3H2,(H,9,13)(H,10,11,12). The number of nitrogens with zero attached hydrogens (tertiary/aromatic N) is 2. The van der Waals surface area contributed by atoms with E-state index >= 15 is 0 Å². The normalized spacial score (nSPS) is 10.0. The molecular formula is C8H8N4OS. The van der Waals surface area contributed by atoms with Gasteiger partial charge in [0.1, 0.15) is 12.2 Å². The summed E-state index contributed by atoms with van der Waals surface area (Å²) in [5.41, 5.74) is 0.675. The molecule has 2 heterocycles. The summed E-state index contributed by atoms with van der Waals surface area (Å²) >= 11 is 1.49. The molecule has 0 bridgehead atoms. The van der Waals surface area contributed by atoms with Gasteiger partial charge in [-0.25, -0.2) is 4.98 Å². The Morgan fingerprint density at radius 2 is 2.57 bits per heavy atom. The van der Waals surface area contributed by atoms with E-state index in [1.54, 1.807) is 11.4 Å². The second kappa shape index (κ2) is 4.01. The van der Waals surface area contributed by atoms with Crippen molar-refractivity contribution in [2.75, 3.05) is 0 Å². The molecule has 6 heteroatoms. The third-order valence-electron chi connectivity index (χ3n) is 1.66. The SMILES string of the molecule is O=C(NCc1ncn[nH]1)c1ccsc1. The van der Waals surface area contributed by atoms with E-state index in [0.29, 0.717) is 17.9 Å². The van der Waals surface area contributed by atoms with Crippen LogP contribution < -0.4 is 5.32 Å². The van der Waals surface area contributed by atoms with E-state index in [-0.39, 0.29) is 5.91 Å². The fourth-order valence-corrected chi connectivity index (χ4v) is 1.61. The number of nitrogens with one attached hydrogen (secondary N) is 2. The third-order valence-corrected chi connectivity index (χ3v) is 2.35. The number of hydrogen-bond acceptors (Lipinski definition) is 4. The largest absolute Gasteiger partial charge is 0.345 e. The van der Waals surface area contributed by atoms with Crippen molar-refractivity contribution in [1.29, 1.82) is 0 Å². The molecular weight excluding hydrogens is 200 g/mol. The number of rotatable bonds is 3. The van der Waals surface area contributed by atoms with Gasteiger partial charge in [0.25, 0.3) is 5.91 Å². The Balaban J connectivity index is 1.90. The maximum atomic E-state index is 11.4. The first-order valence-electron chi connectivity index (χ1n) is 4.01. The van der Waals surface area contributed by atoms with Gasteiger partial charge < -0.3 is 5.32 Å². The van der Waals surface area contributed by atoms with Crippen LogP contribution in [0, 0.1) is 0 Å². The van der Waals surface area contributed by atoms with Gasteiger partial charge in [-0.1, -0.05) is 0 Å². The van der Waals surface area contributed by atoms with Gasteiger partial charge in [0, 0.05) is 10.9 Å². The Labute approximate surface area is 84.2 Å². The first-order chi connectivity index (χ1) is 6.86. The van der Waals surface area contributed by atoms with E-state index in [2.05, 4.69) is 20.5 Å². The van der Waals surface area contributed by atoms with Crippen molar-refractivity contribution in [1.82, 2.24) is 20.5 Å². The molecule has 0 atom stereocenters. The number of carbonyl (C=O) groups is 1. The Morgan fingerprint density at radius 3 is 3.21 bits per heavy atom. The average molecular weight is 208 g/mol. The Morgan fingerprint density at radius 1 is 1.64 bits per heavy atom. The second-order valence-electron chi connectivity index (χ2n) is 2.63. The van der Waals surface area contributed by atoms with Gasteiger partial charge in [-0.2, -0.15) is 16.4 Å². The smallest absolute Gasteiger partial charge is 0.252 e. The van der Waals surface area contributed by atoms with Crippen molar-refractivity contribution >= 4 is 17.2 Å². The highest BCUT2D eigenvalue weighted by molar-refractivity contribution is 7.08. The van der Waals surface area contributed by atoms with Gasteiger partial charge in [-0.3, -0.25) is 9.89 Å². The lowest BCUT2D eigenvalue weighted by molar-refractivity contribution is 0.0950. The molecule has 0 radical (unpaired) electrons. The van der Waals surface area contributed by atoms with Crippen LogP contribution in [-0.2, 0) is 6.54 Å². The van der Waals surface area contributed by atoms with Gasteiger partial charge in [-0.15, -0.1) is 0 Å². The predicted octanol–water partition coefficient (Wildman–Crippen LogP) is 0.796. The summed E-state index contributed by atoms with van der Waals surface area (Å²) in [7, 11) is 0. The lowest BCUT2D eigenvalue weighted by Crippen LogP contribution is -2.22. The molecule has 2 aromatic rings. The lowest BCUT2D eigenvalue weighted by Gasteiger charge is -1.99. The summed E-state index contributed by atoms with van der Waals surface area (Å²) in [6.07, 6.45) is 1.41. The summed E-state index contributed by atoms with van der Waals surface area (Å²) in [6.45, 7) is 0.370. The Hall–Kier alpha value is -1.69. The van der Waals surface area contributed by atoms with Crippen molar-refractivity contribution in [3.05, 3.63) is 34.5 Å². The van der Waals surface area contributed by atoms with Gasteiger partial charge >= 0.3 is 0 Å². The second-order valence-corrected chi connectivity index (χ2v) is 3.41. The van der Waals surface area contributed by atoms with Crippen molar-refractivity contribution in [2.45, 2.75) is 6.54 Å².